The normalized spacial score (nSPS) is 35.9. The molecular weight excluding hydrogens is 724 g/mol. The third-order valence-electron chi connectivity index (χ3n) is 14.2. The second-order valence-corrected chi connectivity index (χ2v) is 20.0. The van der Waals surface area contributed by atoms with Crippen LogP contribution in [-0.4, -0.2) is 113 Å². The van der Waals surface area contributed by atoms with Crippen LogP contribution in [0.25, 0.3) is 0 Å². The molecule has 1 amide bonds. The third kappa shape index (κ3) is 6.48. The molecular formula is C42H55ClN4O6S. The number of nitrogens with one attached hydrogen (secondary N) is 1. The van der Waals surface area contributed by atoms with Crippen LogP contribution in [0.15, 0.2) is 48.6 Å². The van der Waals surface area contributed by atoms with Crippen molar-refractivity contribution in [2.24, 2.45) is 17.8 Å². The lowest BCUT2D eigenvalue weighted by atomic mass is 9.63. The van der Waals surface area contributed by atoms with Crippen LogP contribution in [0.5, 0.6) is 5.75 Å². The molecule has 2 aromatic rings. The van der Waals surface area contributed by atoms with Gasteiger partial charge in [-0.05, 0) is 118 Å². The van der Waals surface area contributed by atoms with Crippen LogP contribution in [0.3, 0.4) is 0 Å². The number of anilines is 1. The predicted molar refractivity (Wildman–Crippen MR) is 210 cm³/mol. The molecule has 12 heteroatoms. The zero-order valence-corrected chi connectivity index (χ0v) is 33.3. The summed E-state index contributed by atoms with van der Waals surface area (Å²) < 4.78 is 48.3. The number of allylic oxidation sites excluding steroid dienone is 1. The molecule has 2 bridgehead atoms. The molecule has 0 aromatic heterocycles. The average Bonchev–Trinajstić information content (AvgIpc) is 3.82. The first kappa shape index (κ1) is 36.9. The highest BCUT2D eigenvalue weighted by Gasteiger charge is 2.60. The molecule has 10 nitrogen and oxygen atoms in total. The van der Waals surface area contributed by atoms with E-state index in [9.17, 15) is 13.2 Å². The van der Waals surface area contributed by atoms with Gasteiger partial charge in [0.25, 0.3) is 5.91 Å². The second kappa shape index (κ2) is 14.1. The minimum atomic E-state index is -3.94. The van der Waals surface area contributed by atoms with E-state index in [0.717, 1.165) is 108 Å². The van der Waals surface area contributed by atoms with Crippen LogP contribution in [-0.2, 0) is 31.3 Å². The highest BCUT2D eigenvalue weighted by Crippen LogP contribution is 2.53. The van der Waals surface area contributed by atoms with E-state index < -0.39 is 26.3 Å². The number of piperazine rings is 1. The Bertz CT molecular complexity index is 1920. The lowest BCUT2D eigenvalue weighted by Crippen LogP contribution is -2.61. The van der Waals surface area contributed by atoms with Crippen LogP contribution in [0.2, 0.25) is 5.02 Å². The van der Waals surface area contributed by atoms with Crippen LogP contribution >= 0.6 is 11.6 Å². The number of rotatable bonds is 5. The maximum Gasteiger partial charge on any atom is 0.264 e. The highest BCUT2D eigenvalue weighted by molar-refractivity contribution is 7.91. The molecule has 1 N–H and O–H groups in total. The van der Waals surface area contributed by atoms with Gasteiger partial charge in [0.15, 0.2) is 0 Å². The summed E-state index contributed by atoms with van der Waals surface area (Å²) in [6, 6.07) is 12.3. The molecule has 7 aliphatic rings. The van der Waals surface area contributed by atoms with E-state index in [1.54, 1.807) is 13.0 Å². The number of aryl methyl sites for hydroxylation is 1. The SMILES string of the molecule is CCO[C@@]1(CN2CCN(C3COC3)CC2)/C=C/C[C@@H]2C[C@@]2(C)S(=O)(=O)NC(=O)c2ccc3c(c2)N(C[C@@H]2CC[C@H]21)C[C@@]1(CCCc2cc(Cl)ccc21)CO3. The molecule has 54 heavy (non-hydrogen) atoms. The van der Waals surface area contributed by atoms with Gasteiger partial charge in [-0.15, -0.1) is 0 Å². The Labute approximate surface area is 325 Å². The number of sulfonamides is 1. The summed E-state index contributed by atoms with van der Waals surface area (Å²) in [6.45, 7) is 13.0. The van der Waals surface area contributed by atoms with Gasteiger partial charge in [-0.1, -0.05) is 29.8 Å². The first-order chi connectivity index (χ1) is 26.0. The topological polar surface area (TPSA) is 101 Å². The van der Waals surface area contributed by atoms with Gasteiger partial charge < -0.3 is 19.1 Å². The number of hydrogen-bond acceptors (Lipinski definition) is 9. The number of nitrogens with zero attached hydrogens (tertiary/aromatic N) is 3. The zero-order chi connectivity index (χ0) is 37.3. The fourth-order valence-corrected chi connectivity index (χ4v) is 12.4. The molecule has 3 aliphatic carbocycles. The van der Waals surface area contributed by atoms with Crippen molar-refractivity contribution >= 4 is 33.2 Å². The molecule has 2 saturated heterocycles. The maximum atomic E-state index is 13.8. The van der Waals surface area contributed by atoms with E-state index >= 15 is 0 Å². The van der Waals surface area contributed by atoms with Gasteiger partial charge in [-0.25, -0.2) is 13.1 Å². The summed E-state index contributed by atoms with van der Waals surface area (Å²) in [5.41, 5.74) is 2.97. The van der Waals surface area contributed by atoms with Crippen LogP contribution in [0.4, 0.5) is 5.69 Å². The van der Waals surface area contributed by atoms with Gasteiger partial charge >= 0.3 is 0 Å². The van der Waals surface area contributed by atoms with Crippen LogP contribution in [0, 0.1) is 17.8 Å². The summed E-state index contributed by atoms with van der Waals surface area (Å²) in [6.07, 6.45) is 10.8. The molecule has 9 rings (SSSR count). The largest absolute Gasteiger partial charge is 0.490 e. The minimum absolute atomic E-state index is 0.0721. The van der Waals surface area contributed by atoms with E-state index in [1.807, 2.05) is 18.2 Å². The van der Waals surface area contributed by atoms with Gasteiger partial charge in [0, 0.05) is 68.4 Å². The lowest BCUT2D eigenvalue weighted by molar-refractivity contribution is -0.119. The van der Waals surface area contributed by atoms with Crippen molar-refractivity contribution in [3.8, 4) is 5.75 Å². The number of carbonyl (C=O) groups excluding carboxylic acids is 1. The third-order valence-corrected chi connectivity index (χ3v) is 16.7. The van der Waals surface area contributed by atoms with Crippen molar-refractivity contribution in [2.45, 2.75) is 80.6 Å². The number of carbonyl (C=O) groups is 1. The average molecular weight is 779 g/mol. The molecule has 2 aromatic carbocycles. The Kier molecular flexibility index (Phi) is 9.62. The molecule has 2 saturated carbocycles. The zero-order valence-electron chi connectivity index (χ0n) is 31.7. The van der Waals surface area contributed by atoms with E-state index in [-0.39, 0.29) is 17.3 Å². The maximum absolute atomic E-state index is 13.8. The molecule has 4 aliphatic heterocycles. The predicted octanol–water partition coefficient (Wildman–Crippen LogP) is 5.43. The summed E-state index contributed by atoms with van der Waals surface area (Å²) >= 11 is 6.52. The summed E-state index contributed by atoms with van der Waals surface area (Å²) in [7, 11) is -3.94. The molecule has 6 atom stereocenters. The molecule has 1 spiro atoms. The minimum Gasteiger partial charge on any atom is -0.490 e. The van der Waals surface area contributed by atoms with Crippen LogP contribution < -0.4 is 14.4 Å². The number of amides is 1. The Balaban J connectivity index is 1.10. The molecule has 4 heterocycles. The first-order valence-electron chi connectivity index (χ1n) is 20.2. The van der Waals surface area contributed by atoms with E-state index in [0.29, 0.717) is 43.6 Å². The number of hydrogen-bond donors (Lipinski definition) is 1. The van der Waals surface area contributed by atoms with Gasteiger partial charge in [-0.3, -0.25) is 14.6 Å². The summed E-state index contributed by atoms with van der Waals surface area (Å²) in [4.78, 5) is 21.4. The van der Waals surface area contributed by atoms with E-state index in [4.69, 9.17) is 25.8 Å². The first-order valence-corrected chi connectivity index (χ1v) is 22.1. The van der Waals surface area contributed by atoms with Crippen molar-refractivity contribution in [1.82, 2.24) is 14.5 Å². The van der Waals surface area contributed by atoms with Crippen molar-refractivity contribution in [3.05, 3.63) is 70.3 Å². The number of halogens is 1. The highest BCUT2D eigenvalue weighted by atomic mass is 35.5. The number of fused-ring (bicyclic) bond motifs is 5. The fraction of sp³-hybridized carbons (Fsp3) is 0.643. The second-order valence-electron chi connectivity index (χ2n) is 17.4. The van der Waals surface area contributed by atoms with E-state index in [1.165, 1.54) is 11.1 Å². The monoisotopic (exact) mass is 778 g/mol. The van der Waals surface area contributed by atoms with Gasteiger partial charge in [-0.2, -0.15) is 0 Å². The summed E-state index contributed by atoms with van der Waals surface area (Å²) in [5, 5.41) is 0.752. The molecule has 292 valence electrons. The standard InChI is InChI=1S/C42H55ClN4O6S/c1-3-53-42(27-45-16-18-46(19-17-45)34-24-51-25-34)15-5-7-32-22-40(32,2)54(49,50)44-39(48)30-9-13-38-37(21-30)47(23-31-8-11-36(31)42)26-41(28-52-38)14-4-6-29-20-33(43)10-12-35(29)41/h5,9-10,12-13,15,20-21,31-32,34,36H,3-4,6-8,11,14,16-19,22-28H2,1-2H3,(H,44,48)/b15-5+/t31-,32+,36+,40+,41-,42+/m0/s1. The van der Waals surface area contributed by atoms with Crippen molar-refractivity contribution in [3.63, 3.8) is 0 Å². The molecule has 0 unspecified atom stereocenters. The smallest absolute Gasteiger partial charge is 0.264 e. The number of ether oxygens (including phenoxy) is 3. The van der Waals surface area contributed by atoms with Crippen molar-refractivity contribution < 1.29 is 27.4 Å². The van der Waals surface area contributed by atoms with Crippen molar-refractivity contribution in [1.29, 1.82) is 0 Å². The van der Waals surface area contributed by atoms with E-state index in [2.05, 4.69) is 50.6 Å². The molecule has 4 fully saturated rings. The number of benzene rings is 2. The Hall–Kier alpha value is -2.67. The Morgan fingerprint density at radius 1 is 1.07 bits per heavy atom. The van der Waals surface area contributed by atoms with Gasteiger partial charge in [0.1, 0.15) is 11.4 Å². The van der Waals surface area contributed by atoms with Crippen molar-refractivity contribution in [2.75, 3.05) is 77.1 Å². The quantitative estimate of drug-likeness (QED) is 0.399. The molecule has 0 radical (unpaired) electrons. The Morgan fingerprint density at radius 3 is 2.65 bits per heavy atom. The fourth-order valence-electron chi connectivity index (χ4n) is 10.6. The van der Waals surface area contributed by atoms with Gasteiger partial charge in [0.2, 0.25) is 10.0 Å². The Morgan fingerprint density at radius 2 is 1.91 bits per heavy atom. The van der Waals surface area contributed by atoms with Gasteiger partial charge in [0.05, 0.1) is 36.3 Å². The summed E-state index contributed by atoms with van der Waals surface area (Å²) in [5.74, 6) is 0.691. The lowest BCUT2D eigenvalue weighted by Gasteiger charge is -2.53. The van der Waals surface area contributed by atoms with Crippen LogP contribution in [0.1, 0.15) is 73.9 Å².